The summed E-state index contributed by atoms with van der Waals surface area (Å²) in [6, 6.07) is 12.3. The highest BCUT2D eigenvalue weighted by Gasteiger charge is 2.14. The molecule has 140 valence electrons. The second kappa shape index (κ2) is 7.53. The van der Waals surface area contributed by atoms with Crippen LogP contribution in [0, 0.1) is 15.9 Å². The first-order valence-electron chi connectivity index (χ1n) is 8.15. The van der Waals surface area contributed by atoms with E-state index < -0.39 is 4.92 Å². The van der Waals surface area contributed by atoms with Crippen LogP contribution in [0.3, 0.4) is 0 Å². The maximum atomic E-state index is 13.2. The Morgan fingerprint density at radius 3 is 2.75 bits per heavy atom. The smallest absolute Gasteiger partial charge is 0.269 e. The van der Waals surface area contributed by atoms with Gasteiger partial charge in [0.1, 0.15) is 10.6 Å². The van der Waals surface area contributed by atoms with Gasteiger partial charge in [0.15, 0.2) is 5.16 Å². The number of nitro groups is 1. The van der Waals surface area contributed by atoms with Crippen molar-refractivity contribution in [3.63, 3.8) is 0 Å². The summed E-state index contributed by atoms with van der Waals surface area (Å²) in [6.07, 6.45) is 0. The molecule has 1 N–H and O–H groups in total. The third-order valence-corrected chi connectivity index (χ3v) is 5.89. The molecule has 0 aliphatic carbocycles. The molecule has 0 bridgehead atoms. The maximum absolute atomic E-state index is 13.2. The van der Waals surface area contributed by atoms with Crippen molar-refractivity contribution in [2.24, 2.45) is 0 Å². The second-order valence-electron chi connectivity index (χ2n) is 5.92. The van der Waals surface area contributed by atoms with Crippen LogP contribution in [-0.4, -0.2) is 14.9 Å². The fourth-order valence-corrected chi connectivity index (χ4v) is 4.56. The van der Waals surface area contributed by atoms with Crippen LogP contribution >= 0.6 is 23.1 Å². The molecule has 2 aromatic heterocycles. The molecule has 0 atom stereocenters. The first-order chi connectivity index (χ1) is 13.5. The zero-order valence-corrected chi connectivity index (χ0v) is 15.8. The minimum Gasteiger partial charge on any atom is -0.301 e. The molecule has 9 heteroatoms. The number of aromatic amines is 1. The largest absolute Gasteiger partial charge is 0.301 e. The Hall–Kier alpha value is -3.04. The number of hydrogen-bond acceptors (Lipinski definition) is 6. The van der Waals surface area contributed by atoms with Crippen molar-refractivity contribution in [2.75, 3.05) is 0 Å². The van der Waals surface area contributed by atoms with Crippen LogP contribution in [0.2, 0.25) is 0 Å². The summed E-state index contributed by atoms with van der Waals surface area (Å²) in [6.45, 7) is 0. The van der Waals surface area contributed by atoms with Crippen LogP contribution < -0.4 is 5.56 Å². The molecule has 0 aliphatic heterocycles. The molecule has 0 saturated heterocycles. The van der Waals surface area contributed by atoms with E-state index in [1.54, 1.807) is 24.3 Å². The van der Waals surface area contributed by atoms with Crippen molar-refractivity contribution in [3.8, 4) is 11.1 Å². The Balaban J connectivity index is 1.62. The number of rotatable bonds is 5. The highest BCUT2D eigenvalue weighted by atomic mass is 32.2. The number of non-ortho nitro benzene ring substituents is 1. The number of aromatic nitrogens is 2. The molecular formula is C19H12FN3O3S2. The van der Waals surface area contributed by atoms with Gasteiger partial charge in [0.25, 0.3) is 11.2 Å². The lowest BCUT2D eigenvalue weighted by atomic mass is 10.1. The van der Waals surface area contributed by atoms with Gasteiger partial charge in [-0.15, -0.1) is 11.3 Å². The van der Waals surface area contributed by atoms with Crippen molar-refractivity contribution in [1.82, 2.24) is 9.97 Å². The molecule has 0 aliphatic rings. The van der Waals surface area contributed by atoms with E-state index in [1.807, 2.05) is 5.38 Å². The molecule has 4 rings (SSSR count). The first-order valence-corrected chi connectivity index (χ1v) is 10.0. The van der Waals surface area contributed by atoms with E-state index in [0.717, 1.165) is 11.1 Å². The Kier molecular flexibility index (Phi) is 4.93. The summed E-state index contributed by atoms with van der Waals surface area (Å²) in [5, 5.41) is 13.6. The lowest BCUT2D eigenvalue weighted by molar-refractivity contribution is -0.384. The van der Waals surface area contributed by atoms with Crippen molar-refractivity contribution in [3.05, 3.63) is 85.8 Å². The number of nitrogens with zero attached hydrogens (tertiary/aromatic N) is 2. The topological polar surface area (TPSA) is 88.9 Å². The van der Waals surface area contributed by atoms with Gasteiger partial charge in [-0.25, -0.2) is 9.37 Å². The average Bonchev–Trinajstić information content (AvgIpc) is 3.12. The fourth-order valence-electron chi connectivity index (χ4n) is 2.75. The average molecular weight is 413 g/mol. The normalized spacial score (nSPS) is 11.0. The number of thioether (sulfide) groups is 1. The minimum absolute atomic E-state index is 0.0252. The van der Waals surface area contributed by atoms with Crippen LogP contribution in [0.25, 0.3) is 21.3 Å². The van der Waals surface area contributed by atoms with Gasteiger partial charge in [0, 0.05) is 28.8 Å². The number of halogens is 1. The van der Waals surface area contributed by atoms with E-state index in [2.05, 4.69) is 9.97 Å². The SMILES string of the molecule is O=c1[nH]c(SCc2cccc([N+](=O)[O-])c2)nc2scc(-c3ccc(F)cc3)c12. The summed E-state index contributed by atoms with van der Waals surface area (Å²) in [5.74, 6) is 0.0990. The Bertz CT molecular complexity index is 1240. The van der Waals surface area contributed by atoms with Crippen LogP contribution in [0.5, 0.6) is 0 Å². The predicted molar refractivity (Wildman–Crippen MR) is 108 cm³/mol. The number of fused-ring (bicyclic) bond motifs is 1. The first kappa shape index (κ1) is 18.3. The van der Waals surface area contributed by atoms with Crippen LogP contribution in [-0.2, 0) is 5.75 Å². The zero-order chi connectivity index (χ0) is 19.7. The van der Waals surface area contributed by atoms with E-state index in [-0.39, 0.29) is 17.1 Å². The van der Waals surface area contributed by atoms with Crippen molar-refractivity contribution < 1.29 is 9.31 Å². The standard InChI is InChI=1S/C19H12FN3O3S2/c20-13-6-4-12(5-7-13)15-10-27-18-16(15)17(24)21-19(22-18)28-9-11-2-1-3-14(8-11)23(25)26/h1-8,10H,9H2,(H,21,22,24). The summed E-state index contributed by atoms with van der Waals surface area (Å²) in [7, 11) is 0. The second-order valence-corrected chi connectivity index (χ2v) is 7.75. The van der Waals surface area contributed by atoms with E-state index in [4.69, 9.17) is 0 Å². The number of nitro benzene ring substituents is 1. The molecule has 0 saturated carbocycles. The molecule has 4 aromatic rings. The lowest BCUT2D eigenvalue weighted by Gasteiger charge is -2.03. The Labute approximate surface area is 166 Å². The number of hydrogen-bond donors (Lipinski definition) is 1. The van der Waals surface area contributed by atoms with Gasteiger partial charge in [-0.3, -0.25) is 14.9 Å². The van der Waals surface area contributed by atoms with Gasteiger partial charge < -0.3 is 4.98 Å². The quantitative estimate of drug-likeness (QED) is 0.215. The zero-order valence-electron chi connectivity index (χ0n) is 14.2. The predicted octanol–water partition coefficient (Wildman–Crippen LogP) is 4.99. The van der Waals surface area contributed by atoms with Gasteiger partial charge in [-0.1, -0.05) is 36.0 Å². The van der Waals surface area contributed by atoms with Crippen LogP contribution in [0.4, 0.5) is 10.1 Å². The van der Waals surface area contributed by atoms with Gasteiger partial charge in [0.05, 0.1) is 10.3 Å². The Morgan fingerprint density at radius 2 is 2.00 bits per heavy atom. The van der Waals surface area contributed by atoms with Gasteiger partial charge in [-0.2, -0.15) is 0 Å². The third kappa shape index (κ3) is 3.67. The summed E-state index contributed by atoms with van der Waals surface area (Å²) in [5.41, 5.74) is 1.98. The molecule has 0 radical (unpaired) electrons. The molecule has 6 nitrogen and oxygen atoms in total. The third-order valence-electron chi connectivity index (χ3n) is 4.07. The van der Waals surface area contributed by atoms with Crippen molar-refractivity contribution >= 4 is 39.0 Å². The molecule has 2 heterocycles. The van der Waals surface area contributed by atoms with Gasteiger partial charge in [0.2, 0.25) is 0 Å². The van der Waals surface area contributed by atoms with E-state index in [9.17, 15) is 19.3 Å². The number of H-pyrrole nitrogens is 1. The maximum Gasteiger partial charge on any atom is 0.269 e. The van der Waals surface area contributed by atoms with Crippen LogP contribution in [0.1, 0.15) is 5.56 Å². The highest BCUT2D eigenvalue weighted by Crippen LogP contribution is 2.32. The van der Waals surface area contributed by atoms with E-state index in [0.29, 0.717) is 26.7 Å². The molecule has 0 spiro atoms. The summed E-state index contributed by atoms with van der Waals surface area (Å²) in [4.78, 5) is 30.9. The van der Waals surface area contributed by atoms with Crippen molar-refractivity contribution in [1.29, 1.82) is 0 Å². The molecule has 0 fully saturated rings. The molecule has 2 aromatic carbocycles. The monoisotopic (exact) mass is 413 g/mol. The van der Waals surface area contributed by atoms with Gasteiger partial charge >= 0.3 is 0 Å². The lowest BCUT2D eigenvalue weighted by Crippen LogP contribution is -2.08. The van der Waals surface area contributed by atoms with E-state index in [1.165, 1.54) is 47.4 Å². The number of nitrogens with one attached hydrogen (secondary N) is 1. The van der Waals surface area contributed by atoms with Gasteiger partial charge in [-0.05, 0) is 23.3 Å². The van der Waals surface area contributed by atoms with Crippen LogP contribution in [0.15, 0.2) is 63.9 Å². The molecule has 0 unspecified atom stereocenters. The summed E-state index contributed by atoms with van der Waals surface area (Å²) < 4.78 is 13.2. The Morgan fingerprint density at radius 1 is 1.21 bits per heavy atom. The molecule has 0 amide bonds. The molecule has 28 heavy (non-hydrogen) atoms. The fraction of sp³-hybridized carbons (Fsp3) is 0.0526. The number of thiophene rings is 1. The van der Waals surface area contributed by atoms with Crippen molar-refractivity contribution in [2.45, 2.75) is 10.9 Å². The number of benzene rings is 2. The summed E-state index contributed by atoms with van der Waals surface area (Å²) >= 11 is 2.64. The molecular weight excluding hydrogens is 401 g/mol. The highest BCUT2D eigenvalue weighted by molar-refractivity contribution is 7.98. The van der Waals surface area contributed by atoms with E-state index >= 15 is 0 Å². The minimum atomic E-state index is -0.441.